The molecule has 0 aliphatic carbocycles. The van der Waals surface area contributed by atoms with Crippen LogP contribution in [0.15, 0.2) is 142 Å². The van der Waals surface area contributed by atoms with Crippen molar-refractivity contribution in [1.82, 2.24) is 8.80 Å². The maximum Gasteiger partial charge on any atom is 0.162 e. The smallest absolute Gasteiger partial charge is 0.162 e. The molecule has 0 saturated heterocycles. The molecule has 0 fully saturated rings. The Morgan fingerprint density at radius 2 is 0.796 bits per heavy atom. The molecule has 54 heavy (non-hydrogen) atoms. The minimum absolute atomic E-state index is 0.0133. The van der Waals surface area contributed by atoms with Gasteiger partial charge in [-0.2, -0.15) is 0 Å². The van der Waals surface area contributed by atoms with Gasteiger partial charge in [0.1, 0.15) is 11.0 Å². The predicted molar refractivity (Wildman–Crippen MR) is 226 cm³/mol. The van der Waals surface area contributed by atoms with E-state index < -0.39 is 0 Å². The minimum atomic E-state index is -0.0133. The first-order chi connectivity index (χ1) is 26.1. The van der Waals surface area contributed by atoms with Crippen molar-refractivity contribution >= 4 is 77.0 Å². The normalized spacial score (nSPS) is 13.0. The summed E-state index contributed by atoms with van der Waals surface area (Å²) in [6, 6.07) is 48.3. The number of para-hydroxylation sites is 4. The molecule has 0 bridgehead atoms. The second-order valence-corrected chi connectivity index (χ2v) is 17.0. The first kappa shape index (κ1) is 31.3. The van der Waals surface area contributed by atoms with E-state index in [1.807, 2.05) is 0 Å². The molecule has 0 unspecified atom stereocenters. The molecule has 0 radical (unpaired) electrons. The molecule has 7 aromatic carbocycles. The maximum absolute atomic E-state index is 7.14. The van der Waals surface area contributed by atoms with Crippen molar-refractivity contribution in [3.05, 3.63) is 145 Å². The summed E-state index contributed by atoms with van der Waals surface area (Å²) in [7, 11) is 0. The Bertz CT molecular complexity index is 3120. The highest BCUT2D eigenvalue weighted by atomic mass is 16.3. The molecule has 4 nitrogen and oxygen atoms in total. The van der Waals surface area contributed by atoms with E-state index >= 15 is 0 Å². The van der Waals surface area contributed by atoms with Gasteiger partial charge in [-0.05, 0) is 92.7 Å². The summed E-state index contributed by atoms with van der Waals surface area (Å²) in [5.74, 6) is 0. The van der Waals surface area contributed by atoms with Crippen molar-refractivity contribution in [1.29, 1.82) is 0 Å². The molecule has 4 heteroatoms. The fraction of sp³-hybridized carbons (Fsp3) is 0.160. The van der Waals surface area contributed by atoms with Gasteiger partial charge in [0, 0.05) is 10.8 Å². The van der Waals surface area contributed by atoms with Gasteiger partial charge < -0.3 is 17.6 Å². The first-order valence-corrected chi connectivity index (χ1v) is 18.9. The lowest BCUT2D eigenvalue weighted by atomic mass is 9.81. The second-order valence-electron chi connectivity index (χ2n) is 17.0. The number of rotatable bonds is 2. The van der Waals surface area contributed by atoms with E-state index in [1.165, 1.54) is 33.4 Å². The predicted octanol–water partition coefficient (Wildman–Crippen LogP) is 14.2. The number of hydrogen-bond donors (Lipinski definition) is 0. The van der Waals surface area contributed by atoms with E-state index in [0.717, 1.165) is 77.0 Å². The molecule has 4 heterocycles. The second kappa shape index (κ2) is 10.7. The summed E-state index contributed by atoms with van der Waals surface area (Å²) in [4.78, 5) is 0. The SMILES string of the molecule is CC(C)(C)c1ccccc1-c1ccc2c(c1)c1c3oc4ccccc4n4c5ccc(-c6ccccc6C(C)(C)C)cc5c(c5oc6ccccc6n2c51)c34. The molecule has 0 amide bonds. The lowest BCUT2D eigenvalue weighted by Gasteiger charge is -2.23. The Kier molecular flexibility index (Phi) is 6.18. The Hall–Kier alpha value is -6.26. The van der Waals surface area contributed by atoms with Gasteiger partial charge in [0.05, 0.1) is 32.8 Å². The van der Waals surface area contributed by atoms with Gasteiger partial charge in [-0.25, -0.2) is 0 Å². The molecular formula is C50H40N2O2. The molecule has 0 N–H and O–H groups in total. The van der Waals surface area contributed by atoms with Crippen LogP contribution in [-0.4, -0.2) is 8.80 Å². The van der Waals surface area contributed by atoms with Crippen molar-refractivity contribution in [2.24, 2.45) is 0 Å². The molecule has 11 aromatic rings. The Morgan fingerprint density at radius 1 is 0.407 bits per heavy atom. The van der Waals surface area contributed by atoms with Crippen LogP contribution in [0.3, 0.4) is 0 Å². The van der Waals surface area contributed by atoms with Crippen molar-refractivity contribution in [2.45, 2.75) is 52.4 Å². The third-order valence-corrected chi connectivity index (χ3v) is 11.5. The van der Waals surface area contributed by atoms with E-state index in [0.29, 0.717) is 0 Å². The van der Waals surface area contributed by atoms with Crippen LogP contribution >= 0.6 is 0 Å². The van der Waals surface area contributed by atoms with Gasteiger partial charge >= 0.3 is 0 Å². The van der Waals surface area contributed by atoms with Gasteiger partial charge in [0.25, 0.3) is 0 Å². The number of fused-ring (bicyclic) bond motifs is 12. The van der Waals surface area contributed by atoms with Crippen LogP contribution in [0.25, 0.3) is 99.2 Å². The first-order valence-electron chi connectivity index (χ1n) is 18.9. The highest BCUT2D eigenvalue weighted by Crippen LogP contribution is 2.49. The van der Waals surface area contributed by atoms with Crippen LogP contribution in [-0.2, 0) is 10.8 Å². The lowest BCUT2D eigenvalue weighted by molar-refractivity contribution is 0.591. The Labute approximate surface area is 312 Å². The van der Waals surface area contributed by atoms with Crippen molar-refractivity contribution < 1.29 is 8.83 Å². The molecule has 0 aliphatic heterocycles. The third-order valence-electron chi connectivity index (χ3n) is 11.5. The largest absolute Gasteiger partial charge is 0.452 e. The molecular weight excluding hydrogens is 661 g/mol. The van der Waals surface area contributed by atoms with Crippen LogP contribution in [0.5, 0.6) is 0 Å². The standard InChI is InChI=1S/C50H40N2O2/c1-49(2,3)35-17-9-7-15-31(35)29-23-25-37-33(27-29)43-45-48(54-41-21-13-11-19-39(41)51(37)45)44-34-28-30(32-16-8-10-18-36(32)50(4,5)6)24-26-38(34)52-40-20-12-14-22-42(40)53-47(43)46(44)52/h7-28H,1-6H3. The van der Waals surface area contributed by atoms with Crippen molar-refractivity contribution in [2.75, 3.05) is 0 Å². The lowest BCUT2D eigenvalue weighted by Crippen LogP contribution is -2.12. The summed E-state index contributed by atoms with van der Waals surface area (Å²) in [6.45, 7) is 13.7. The number of hydrogen-bond acceptors (Lipinski definition) is 2. The van der Waals surface area contributed by atoms with Crippen LogP contribution < -0.4 is 0 Å². The third kappa shape index (κ3) is 4.19. The number of benzene rings is 7. The minimum Gasteiger partial charge on any atom is -0.452 e. The molecule has 0 atom stereocenters. The maximum atomic E-state index is 7.14. The van der Waals surface area contributed by atoms with E-state index in [9.17, 15) is 0 Å². The summed E-state index contributed by atoms with van der Waals surface area (Å²) >= 11 is 0. The molecule has 0 saturated carbocycles. The van der Waals surface area contributed by atoms with Gasteiger partial charge in [-0.1, -0.05) is 126 Å². The van der Waals surface area contributed by atoms with E-state index in [-0.39, 0.29) is 10.8 Å². The fourth-order valence-electron chi connectivity index (χ4n) is 9.20. The van der Waals surface area contributed by atoms with Gasteiger partial charge in [0.2, 0.25) is 0 Å². The summed E-state index contributed by atoms with van der Waals surface area (Å²) in [5, 5.41) is 4.41. The van der Waals surface area contributed by atoms with E-state index in [4.69, 9.17) is 8.83 Å². The average Bonchev–Trinajstić information content (AvgIpc) is 3.70. The van der Waals surface area contributed by atoms with Gasteiger partial charge in [0.15, 0.2) is 22.3 Å². The zero-order valence-corrected chi connectivity index (χ0v) is 31.4. The van der Waals surface area contributed by atoms with Crippen LogP contribution in [0, 0.1) is 0 Å². The Balaban J connectivity index is 1.38. The fourth-order valence-corrected chi connectivity index (χ4v) is 9.20. The molecule has 262 valence electrons. The molecule has 0 spiro atoms. The highest BCUT2D eigenvalue weighted by Gasteiger charge is 2.29. The molecule has 0 aliphatic rings. The van der Waals surface area contributed by atoms with Crippen molar-refractivity contribution in [3.63, 3.8) is 0 Å². The summed E-state index contributed by atoms with van der Waals surface area (Å²) < 4.78 is 19.1. The summed E-state index contributed by atoms with van der Waals surface area (Å²) in [5.41, 5.74) is 17.3. The van der Waals surface area contributed by atoms with Crippen molar-refractivity contribution in [3.8, 4) is 22.3 Å². The van der Waals surface area contributed by atoms with Crippen LogP contribution in [0.2, 0.25) is 0 Å². The summed E-state index contributed by atoms with van der Waals surface area (Å²) in [6.07, 6.45) is 0. The topological polar surface area (TPSA) is 35.1 Å². The zero-order valence-electron chi connectivity index (χ0n) is 31.4. The number of aromatic nitrogens is 2. The molecule has 11 rings (SSSR count). The van der Waals surface area contributed by atoms with E-state index in [1.54, 1.807) is 0 Å². The quantitative estimate of drug-likeness (QED) is 0.168. The number of nitrogens with zero attached hydrogens (tertiary/aromatic N) is 2. The van der Waals surface area contributed by atoms with Crippen LogP contribution in [0.1, 0.15) is 52.7 Å². The van der Waals surface area contributed by atoms with Crippen LogP contribution in [0.4, 0.5) is 0 Å². The average molecular weight is 701 g/mol. The Morgan fingerprint density at radius 3 is 1.22 bits per heavy atom. The monoisotopic (exact) mass is 700 g/mol. The van der Waals surface area contributed by atoms with Gasteiger partial charge in [-0.3, -0.25) is 0 Å². The van der Waals surface area contributed by atoms with Gasteiger partial charge in [-0.15, -0.1) is 0 Å². The van der Waals surface area contributed by atoms with E-state index in [2.05, 4.69) is 184 Å². The highest BCUT2D eigenvalue weighted by molar-refractivity contribution is 6.35. The zero-order chi connectivity index (χ0) is 36.7. The molecule has 4 aromatic heterocycles.